The number of hydrogen-bond donors (Lipinski definition) is 0. The molecule has 47 heavy (non-hydrogen) atoms. The van der Waals surface area contributed by atoms with Crippen molar-refractivity contribution in [2.75, 3.05) is 13.2 Å². The highest BCUT2D eigenvalue weighted by Crippen LogP contribution is 2.53. The first-order chi connectivity index (χ1) is 22.7. The van der Waals surface area contributed by atoms with Crippen LogP contribution in [0.15, 0.2) is 76.5 Å². The van der Waals surface area contributed by atoms with E-state index in [0.717, 1.165) is 19.3 Å². The Labute approximate surface area is 277 Å². The summed E-state index contributed by atoms with van der Waals surface area (Å²) >= 11 is -1.75. The Hall–Kier alpha value is -4.35. The van der Waals surface area contributed by atoms with Gasteiger partial charge in [0.2, 0.25) is 11.5 Å². The van der Waals surface area contributed by atoms with E-state index in [0.29, 0.717) is 45.4 Å². The number of hydrogen-bond acceptors (Lipinski definition) is 8. The summed E-state index contributed by atoms with van der Waals surface area (Å²) in [6.45, 7) is 7.82. The molecule has 0 amide bonds. The van der Waals surface area contributed by atoms with Crippen LogP contribution < -0.4 is 18.9 Å². The Morgan fingerprint density at radius 2 is 1.47 bits per heavy atom. The zero-order valence-electron chi connectivity index (χ0n) is 27.1. The first-order valence-electron chi connectivity index (χ1n) is 15.8. The second kappa shape index (κ2) is 17.0. The van der Waals surface area contributed by atoms with Gasteiger partial charge in [0, 0.05) is 64.8 Å². The van der Waals surface area contributed by atoms with E-state index in [1.807, 2.05) is 13.8 Å². The number of nitrogens with zero attached hydrogens (tertiary/aromatic N) is 1. The maximum atomic E-state index is 15.3. The molecule has 0 spiro atoms. The molecule has 250 valence electrons. The molecule has 0 aliphatic carbocycles. The van der Waals surface area contributed by atoms with Gasteiger partial charge in [0.05, 0.1) is 18.1 Å². The zero-order chi connectivity index (χ0) is 33.9. The second-order valence-corrected chi connectivity index (χ2v) is 12.4. The lowest BCUT2D eigenvalue weighted by atomic mass is 10.0. The first kappa shape index (κ1) is 35.5. The number of rotatable bonds is 17. The van der Waals surface area contributed by atoms with Crippen LogP contribution in [0.1, 0.15) is 77.9 Å². The van der Waals surface area contributed by atoms with Gasteiger partial charge in [-0.05, 0) is 43.9 Å². The van der Waals surface area contributed by atoms with E-state index in [1.54, 1.807) is 36.4 Å². The third kappa shape index (κ3) is 8.72. The third-order valence-corrected chi connectivity index (χ3v) is 8.69. The molecule has 4 rings (SSSR count). The van der Waals surface area contributed by atoms with Crippen molar-refractivity contribution in [3.05, 3.63) is 88.2 Å². The van der Waals surface area contributed by atoms with Crippen molar-refractivity contribution in [3.63, 3.8) is 0 Å². The number of nitro benzene ring substituents is 1. The van der Waals surface area contributed by atoms with E-state index < -0.39 is 34.0 Å². The van der Waals surface area contributed by atoms with Crippen LogP contribution in [-0.4, -0.2) is 28.7 Å². The van der Waals surface area contributed by atoms with Crippen LogP contribution in [0.4, 0.5) is 10.1 Å². The minimum Gasteiger partial charge on any atom is -0.606 e. The van der Waals surface area contributed by atoms with Crippen molar-refractivity contribution in [1.82, 2.24) is 0 Å². The molecule has 0 aliphatic heterocycles. The Balaban J connectivity index is 2.00. The molecule has 4 aromatic rings. The summed E-state index contributed by atoms with van der Waals surface area (Å²) in [6, 6.07) is 16.9. The molecular formula is C36H40FNO8S. The molecule has 2 unspecified atom stereocenters. The summed E-state index contributed by atoms with van der Waals surface area (Å²) in [5.41, 5.74) is 0.259. The number of nitro groups is 1. The number of benzene rings is 4. The number of esters is 1. The highest BCUT2D eigenvalue weighted by Gasteiger charge is 2.30. The lowest BCUT2D eigenvalue weighted by molar-refractivity contribution is -0.384. The van der Waals surface area contributed by atoms with Crippen molar-refractivity contribution in [1.29, 1.82) is 0 Å². The monoisotopic (exact) mass is 665 g/mol. The molecule has 0 aromatic heterocycles. The molecule has 0 fully saturated rings. The fraction of sp³-hybridized carbons (Fsp3) is 0.361. The van der Waals surface area contributed by atoms with Gasteiger partial charge in [-0.25, -0.2) is 4.39 Å². The average molecular weight is 666 g/mol. The molecular weight excluding hydrogens is 625 g/mol. The predicted molar refractivity (Wildman–Crippen MR) is 179 cm³/mol. The van der Waals surface area contributed by atoms with Crippen molar-refractivity contribution < 1.29 is 37.6 Å². The quantitative estimate of drug-likeness (QED) is 0.0273. The smallest absolute Gasteiger partial charge is 0.308 e. The molecule has 0 aliphatic rings. The Morgan fingerprint density at radius 3 is 2.06 bits per heavy atom. The lowest BCUT2D eigenvalue weighted by Gasteiger charge is -2.26. The minimum atomic E-state index is -1.75. The molecule has 0 radical (unpaired) electrons. The van der Waals surface area contributed by atoms with Crippen LogP contribution in [0, 0.1) is 15.9 Å². The summed E-state index contributed by atoms with van der Waals surface area (Å²) in [7, 11) is 0. The largest absolute Gasteiger partial charge is 0.606 e. The molecule has 11 heteroatoms. The molecule has 4 aromatic carbocycles. The Bertz CT molecular complexity index is 1680. The molecule has 0 N–H and O–H groups in total. The summed E-state index contributed by atoms with van der Waals surface area (Å²) in [5.74, 6) is -0.246. The average Bonchev–Trinajstić information content (AvgIpc) is 3.07. The third-order valence-electron chi connectivity index (χ3n) is 7.30. The van der Waals surface area contributed by atoms with E-state index in [4.69, 9.17) is 18.9 Å². The van der Waals surface area contributed by atoms with Crippen molar-refractivity contribution in [2.24, 2.45) is 0 Å². The van der Waals surface area contributed by atoms with E-state index in [-0.39, 0.29) is 41.9 Å². The van der Waals surface area contributed by atoms with Crippen LogP contribution in [0.25, 0.3) is 10.8 Å². The number of non-ortho nitro benzene ring substituents is 1. The fourth-order valence-electron chi connectivity index (χ4n) is 5.07. The van der Waals surface area contributed by atoms with Crippen molar-refractivity contribution in [2.45, 2.75) is 82.1 Å². The maximum Gasteiger partial charge on any atom is 0.308 e. The normalized spacial score (nSPS) is 12.4. The summed E-state index contributed by atoms with van der Waals surface area (Å²) in [5, 5.41) is 12.0. The minimum absolute atomic E-state index is 0.120. The number of ether oxygens (including phenoxy) is 4. The second-order valence-electron chi connectivity index (χ2n) is 11.0. The van der Waals surface area contributed by atoms with E-state index >= 15 is 4.39 Å². The van der Waals surface area contributed by atoms with Gasteiger partial charge in [0.15, 0.2) is 21.3 Å². The molecule has 0 bridgehead atoms. The number of carbonyl (C=O) groups is 1. The molecule has 9 nitrogen and oxygen atoms in total. The van der Waals surface area contributed by atoms with Crippen LogP contribution in [-0.2, 0) is 16.0 Å². The van der Waals surface area contributed by atoms with Gasteiger partial charge < -0.3 is 23.5 Å². The van der Waals surface area contributed by atoms with Crippen LogP contribution in [0.5, 0.6) is 23.0 Å². The standard InChI is InChI=1S/C36H40FNO8S/c1-5-8-9-14-32(29-12-10-11-13-31(29)37)46-34-30-23-27(47(42)26-17-15-25(16-18-26)38(40)41)19-20-28(30)33(45-24(4)39)35(43-21-6-2)36(34)44-22-7-3/h10-13,15-20,23,32H,5-9,14,21-22H2,1-4H3. The molecule has 0 saturated carbocycles. The Morgan fingerprint density at radius 1 is 0.830 bits per heavy atom. The maximum absolute atomic E-state index is 15.3. The van der Waals surface area contributed by atoms with Crippen LogP contribution in [0.3, 0.4) is 0 Å². The molecule has 2 atom stereocenters. The molecule has 0 saturated heterocycles. The van der Waals surface area contributed by atoms with E-state index in [9.17, 15) is 19.5 Å². The number of fused-ring (bicyclic) bond motifs is 1. The van der Waals surface area contributed by atoms with E-state index in [2.05, 4.69) is 6.92 Å². The van der Waals surface area contributed by atoms with Gasteiger partial charge in [-0.3, -0.25) is 14.9 Å². The lowest BCUT2D eigenvalue weighted by Crippen LogP contribution is -2.14. The summed E-state index contributed by atoms with van der Waals surface area (Å²) < 4.78 is 54.0. The van der Waals surface area contributed by atoms with Crippen molar-refractivity contribution in [3.8, 4) is 23.0 Å². The highest BCUT2D eigenvalue weighted by molar-refractivity contribution is 7.91. The van der Waals surface area contributed by atoms with Crippen LogP contribution >= 0.6 is 0 Å². The Kier molecular flexibility index (Phi) is 12.8. The highest BCUT2D eigenvalue weighted by atomic mass is 32.2. The van der Waals surface area contributed by atoms with Crippen LogP contribution in [0.2, 0.25) is 0 Å². The number of carbonyl (C=O) groups excluding carboxylic acids is 1. The SMILES string of the molecule is CCCCCC(Oc1c(OCCC)c(OCCC)c(OC(C)=O)c2ccc([S+]([O-])c3ccc([N+](=O)[O-])cc3)cc12)c1ccccc1F. The predicted octanol–water partition coefficient (Wildman–Crippen LogP) is 9.26. The number of unbranched alkanes of at least 4 members (excludes halogenated alkanes) is 2. The summed E-state index contributed by atoms with van der Waals surface area (Å²) in [6.07, 6.45) is 3.75. The first-order valence-corrected chi connectivity index (χ1v) is 17.0. The van der Waals surface area contributed by atoms with Gasteiger partial charge >= 0.3 is 5.97 Å². The van der Waals surface area contributed by atoms with Gasteiger partial charge in [-0.1, -0.05) is 51.8 Å². The molecule has 0 heterocycles. The van der Waals surface area contributed by atoms with Gasteiger partial charge in [-0.15, -0.1) is 0 Å². The van der Waals surface area contributed by atoms with Gasteiger partial charge in [0.1, 0.15) is 11.9 Å². The van der Waals surface area contributed by atoms with E-state index in [1.165, 1.54) is 37.3 Å². The van der Waals surface area contributed by atoms with Gasteiger partial charge in [-0.2, -0.15) is 0 Å². The van der Waals surface area contributed by atoms with Gasteiger partial charge in [0.25, 0.3) is 5.69 Å². The number of halogens is 1. The summed E-state index contributed by atoms with van der Waals surface area (Å²) in [4.78, 5) is 23.8. The topological polar surface area (TPSA) is 120 Å². The van der Waals surface area contributed by atoms with Crippen molar-refractivity contribution >= 4 is 33.6 Å². The fourth-order valence-corrected chi connectivity index (χ4v) is 6.14. The zero-order valence-corrected chi connectivity index (χ0v) is 27.9.